The monoisotopic (exact) mass is 119 g/mol. The molecule has 0 spiro atoms. The summed E-state index contributed by atoms with van der Waals surface area (Å²) in [5, 5.41) is 0. The molecular formula is C8H9N. The average Bonchev–Trinajstić information content (AvgIpc) is 1.91. The summed E-state index contributed by atoms with van der Waals surface area (Å²) >= 11 is 0. The van der Waals surface area contributed by atoms with Gasteiger partial charge in [0.1, 0.15) is 0 Å². The molecule has 0 radical (unpaired) electrons. The molecular weight excluding hydrogens is 110 g/mol. The first kappa shape index (κ1) is 6.02. The lowest BCUT2D eigenvalue weighted by atomic mass is 10.2. The van der Waals surface area contributed by atoms with Crippen molar-refractivity contribution in [2.45, 2.75) is 0 Å². The van der Waals surface area contributed by atoms with Crippen molar-refractivity contribution in [3.05, 3.63) is 35.9 Å². The summed E-state index contributed by atoms with van der Waals surface area (Å²) in [6, 6.07) is 10.0. The Morgan fingerprint density at radius 3 is 2.44 bits per heavy atom. The molecule has 1 aromatic rings. The molecule has 1 heteroatoms. The van der Waals surface area contributed by atoms with E-state index >= 15 is 0 Å². The molecule has 0 fully saturated rings. The minimum absolute atomic E-state index is 1.15. The highest BCUT2D eigenvalue weighted by Crippen LogP contribution is 1.92. The van der Waals surface area contributed by atoms with E-state index in [0.29, 0.717) is 0 Å². The van der Waals surface area contributed by atoms with E-state index in [4.69, 9.17) is 0 Å². The van der Waals surface area contributed by atoms with E-state index in [0.717, 1.165) is 5.56 Å². The van der Waals surface area contributed by atoms with Crippen molar-refractivity contribution in [1.29, 1.82) is 0 Å². The van der Waals surface area contributed by atoms with Crippen molar-refractivity contribution >= 4 is 6.21 Å². The van der Waals surface area contributed by atoms with Crippen molar-refractivity contribution in [3.63, 3.8) is 0 Å². The highest BCUT2D eigenvalue weighted by Gasteiger charge is 1.78. The second-order valence-electron chi connectivity index (χ2n) is 1.80. The van der Waals surface area contributed by atoms with Crippen LogP contribution >= 0.6 is 0 Å². The van der Waals surface area contributed by atoms with Crippen LogP contribution in [-0.2, 0) is 0 Å². The first-order valence-corrected chi connectivity index (χ1v) is 2.90. The number of benzene rings is 1. The summed E-state index contributed by atoms with van der Waals surface area (Å²) in [6.07, 6.45) is 1.83. The smallest absolute Gasteiger partial charge is 0.0281 e. The van der Waals surface area contributed by atoms with Gasteiger partial charge in [0.2, 0.25) is 0 Å². The van der Waals surface area contributed by atoms with Gasteiger partial charge < -0.3 is 0 Å². The van der Waals surface area contributed by atoms with Gasteiger partial charge in [0.05, 0.1) is 0 Å². The van der Waals surface area contributed by atoms with Gasteiger partial charge >= 0.3 is 0 Å². The van der Waals surface area contributed by atoms with Crippen LogP contribution in [0.15, 0.2) is 35.3 Å². The van der Waals surface area contributed by atoms with E-state index in [9.17, 15) is 0 Å². The van der Waals surface area contributed by atoms with E-state index in [1.807, 2.05) is 36.5 Å². The van der Waals surface area contributed by atoms with Crippen LogP contribution < -0.4 is 0 Å². The van der Waals surface area contributed by atoms with E-state index in [2.05, 4.69) is 4.99 Å². The van der Waals surface area contributed by atoms with Crippen molar-refractivity contribution in [3.8, 4) is 0 Å². The highest BCUT2D eigenvalue weighted by atomic mass is 14.6. The molecule has 9 heavy (non-hydrogen) atoms. The van der Waals surface area contributed by atoms with Crippen LogP contribution in [0, 0.1) is 0 Å². The summed E-state index contributed by atoms with van der Waals surface area (Å²) in [7, 11) is 1.77. The molecule has 1 aromatic carbocycles. The Kier molecular flexibility index (Phi) is 2.02. The Morgan fingerprint density at radius 1 is 1.22 bits per heavy atom. The van der Waals surface area contributed by atoms with Gasteiger partial charge in [0, 0.05) is 13.3 Å². The Hall–Kier alpha value is -1.11. The van der Waals surface area contributed by atoms with Gasteiger partial charge in [-0.3, -0.25) is 4.99 Å². The lowest BCUT2D eigenvalue weighted by Crippen LogP contribution is -1.75. The zero-order valence-electron chi connectivity index (χ0n) is 5.41. The number of aliphatic imine (C=N–C) groups is 1. The minimum Gasteiger partial charge on any atom is -0.296 e. The van der Waals surface area contributed by atoms with Crippen LogP contribution in [0.25, 0.3) is 0 Å². The lowest BCUT2D eigenvalue weighted by molar-refractivity contribution is 1.46. The molecule has 0 aliphatic rings. The van der Waals surface area contributed by atoms with E-state index in [1.165, 1.54) is 0 Å². The second kappa shape index (κ2) is 3.02. The fourth-order valence-corrected chi connectivity index (χ4v) is 0.688. The Morgan fingerprint density at radius 2 is 1.89 bits per heavy atom. The average molecular weight is 119 g/mol. The molecule has 0 saturated heterocycles. The normalized spacial score (nSPS) is 10.3. The van der Waals surface area contributed by atoms with Crippen molar-refractivity contribution in [1.82, 2.24) is 0 Å². The minimum atomic E-state index is 1.15. The fourth-order valence-electron chi connectivity index (χ4n) is 0.688. The molecule has 0 bridgehead atoms. The molecule has 0 amide bonds. The maximum atomic E-state index is 3.88. The predicted octanol–water partition coefficient (Wildman–Crippen LogP) is 1.74. The van der Waals surface area contributed by atoms with Gasteiger partial charge in [-0.2, -0.15) is 0 Å². The Labute approximate surface area is 55.1 Å². The van der Waals surface area contributed by atoms with Crippen LogP contribution in [0.4, 0.5) is 0 Å². The number of rotatable bonds is 1. The van der Waals surface area contributed by atoms with E-state index < -0.39 is 0 Å². The summed E-state index contributed by atoms with van der Waals surface area (Å²) in [6.45, 7) is 0. The second-order valence-corrected chi connectivity index (χ2v) is 1.80. The number of hydrogen-bond acceptors (Lipinski definition) is 1. The predicted molar refractivity (Wildman–Crippen MR) is 40.0 cm³/mol. The van der Waals surface area contributed by atoms with E-state index in [1.54, 1.807) is 7.05 Å². The quantitative estimate of drug-likeness (QED) is 0.499. The molecule has 0 heterocycles. The van der Waals surface area contributed by atoms with Crippen LogP contribution in [-0.4, -0.2) is 13.3 Å². The summed E-state index contributed by atoms with van der Waals surface area (Å²) < 4.78 is 0. The van der Waals surface area contributed by atoms with Gasteiger partial charge in [0.25, 0.3) is 0 Å². The summed E-state index contributed by atoms with van der Waals surface area (Å²) in [5.41, 5.74) is 1.15. The molecule has 0 aliphatic carbocycles. The van der Waals surface area contributed by atoms with Crippen LogP contribution in [0.3, 0.4) is 0 Å². The first-order valence-electron chi connectivity index (χ1n) is 2.90. The van der Waals surface area contributed by atoms with Crippen molar-refractivity contribution < 1.29 is 0 Å². The van der Waals surface area contributed by atoms with Gasteiger partial charge in [-0.1, -0.05) is 30.3 Å². The third kappa shape index (κ3) is 1.68. The van der Waals surface area contributed by atoms with Crippen molar-refractivity contribution in [2.24, 2.45) is 4.99 Å². The Balaban J connectivity index is 2.85. The third-order valence-corrected chi connectivity index (χ3v) is 1.08. The van der Waals surface area contributed by atoms with Gasteiger partial charge in [-0.15, -0.1) is 0 Å². The van der Waals surface area contributed by atoms with Crippen LogP contribution in [0.5, 0.6) is 0 Å². The molecule has 0 N–H and O–H groups in total. The van der Waals surface area contributed by atoms with Gasteiger partial charge in [-0.05, 0) is 5.56 Å². The van der Waals surface area contributed by atoms with Gasteiger partial charge in [0.15, 0.2) is 0 Å². The zero-order valence-corrected chi connectivity index (χ0v) is 5.41. The summed E-state index contributed by atoms with van der Waals surface area (Å²) in [5.74, 6) is 0. The molecule has 46 valence electrons. The largest absolute Gasteiger partial charge is 0.296 e. The SMILES string of the molecule is C/N=C\c1ccccc1. The van der Waals surface area contributed by atoms with Gasteiger partial charge in [-0.25, -0.2) is 0 Å². The topological polar surface area (TPSA) is 12.4 Å². The molecule has 0 unspecified atom stereocenters. The summed E-state index contributed by atoms with van der Waals surface area (Å²) in [4.78, 5) is 3.88. The maximum Gasteiger partial charge on any atom is 0.0281 e. The van der Waals surface area contributed by atoms with Crippen molar-refractivity contribution in [2.75, 3.05) is 7.05 Å². The molecule has 0 saturated carbocycles. The zero-order chi connectivity index (χ0) is 6.53. The molecule has 1 nitrogen and oxygen atoms in total. The molecule has 0 aromatic heterocycles. The fraction of sp³-hybridized carbons (Fsp3) is 0.125. The Bertz CT molecular complexity index is 189. The first-order chi connectivity index (χ1) is 4.43. The third-order valence-electron chi connectivity index (χ3n) is 1.08. The van der Waals surface area contributed by atoms with Crippen LogP contribution in [0.2, 0.25) is 0 Å². The molecule has 0 aliphatic heterocycles. The van der Waals surface area contributed by atoms with E-state index in [-0.39, 0.29) is 0 Å². The molecule has 0 atom stereocenters. The number of nitrogens with zero attached hydrogens (tertiary/aromatic N) is 1. The maximum absolute atomic E-state index is 3.88. The van der Waals surface area contributed by atoms with Crippen LogP contribution in [0.1, 0.15) is 5.56 Å². The molecule has 1 rings (SSSR count). The number of hydrogen-bond donors (Lipinski definition) is 0. The lowest BCUT2D eigenvalue weighted by Gasteiger charge is -1.86. The standard InChI is InChI=1S/C8H9N/c1-9-7-8-5-3-2-4-6-8/h2-7H,1H3/b9-7-. The highest BCUT2D eigenvalue weighted by molar-refractivity contribution is 5.79.